The van der Waals surface area contributed by atoms with Crippen molar-refractivity contribution in [3.8, 4) is 0 Å². The smallest absolute Gasteiger partial charge is 0.0577 e. The molecule has 10 atom stereocenters. The van der Waals surface area contributed by atoms with Crippen LogP contribution in [0.25, 0.3) is 0 Å². The molecule has 0 unspecified atom stereocenters. The maximum Gasteiger partial charge on any atom is 0.0577 e. The Kier molecular flexibility index (Phi) is 6.01. The standard InChI is InChI=1S/C27H46O2/c1-17(2)7-6-8-18(3)21-9-10-22-25-23(12-14-27(21,22)5)26(4)13-11-20(28)15-19(26)16-24(25)29/h18-25,28-29H,1,6-16H2,2-5H3/t18-,19+,20-,21-,22+,23+,24-,25+,26+,27-/m1/s1. The highest BCUT2D eigenvalue weighted by atomic mass is 16.3. The second-order valence-electron chi connectivity index (χ2n) is 12.3. The molecule has 0 aromatic rings. The van der Waals surface area contributed by atoms with Crippen LogP contribution in [0.1, 0.15) is 98.3 Å². The monoisotopic (exact) mass is 402 g/mol. The van der Waals surface area contributed by atoms with Crippen molar-refractivity contribution in [2.45, 2.75) is 111 Å². The van der Waals surface area contributed by atoms with Crippen LogP contribution in [-0.2, 0) is 0 Å². The van der Waals surface area contributed by atoms with Crippen molar-refractivity contribution in [1.82, 2.24) is 0 Å². The Hall–Kier alpha value is -0.340. The number of hydrogen-bond donors (Lipinski definition) is 2. The van der Waals surface area contributed by atoms with Crippen LogP contribution in [0.4, 0.5) is 0 Å². The third kappa shape index (κ3) is 3.65. The van der Waals surface area contributed by atoms with Gasteiger partial charge < -0.3 is 10.2 Å². The summed E-state index contributed by atoms with van der Waals surface area (Å²) in [4.78, 5) is 0. The first-order valence-corrected chi connectivity index (χ1v) is 12.7. The van der Waals surface area contributed by atoms with Crippen molar-refractivity contribution in [3.63, 3.8) is 0 Å². The number of aliphatic hydroxyl groups excluding tert-OH is 2. The maximum atomic E-state index is 11.3. The van der Waals surface area contributed by atoms with E-state index in [4.69, 9.17) is 0 Å². The molecule has 29 heavy (non-hydrogen) atoms. The molecule has 4 saturated carbocycles. The molecule has 4 fully saturated rings. The van der Waals surface area contributed by atoms with Crippen molar-refractivity contribution in [3.05, 3.63) is 12.2 Å². The summed E-state index contributed by atoms with van der Waals surface area (Å²) in [6.07, 6.45) is 12.8. The fourth-order valence-electron chi connectivity index (χ4n) is 9.10. The van der Waals surface area contributed by atoms with E-state index < -0.39 is 0 Å². The lowest BCUT2D eigenvalue weighted by atomic mass is 9.43. The van der Waals surface area contributed by atoms with E-state index in [1.807, 2.05) is 0 Å². The first-order chi connectivity index (χ1) is 13.7. The van der Waals surface area contributed by atoms with Gasteiger partial charge in [-0.15, -0.1) is 6.58 Å². The number of allylic oxidation sites excluding steroid dienone is 1. The second kappa shape index (κ2) is 7.97. The molecule has 0 amide bonds. The van der Waals surface area contributed by atoms with E-state index in [-0.39, 0.29) is 12.2 Å². The average Bonchev–Trinajstić information content (AvgIpc) is 3.00. The molecule has 0 aromatic carbocycles. The molecular formula is C27H46O2. The minimum absolute atomic E-state index is 0.137. The summed E-state index contributed by atoms with van der Waals surface area (Å²) in [6.45, 7) is 13.8. The Morgan fingerprint density at radius 2 is 1.69 bits per heavy atom. The van der Waals surface area contributed by atoms with Gasteiger partial charge in [-0.1, -0.05) is 32.8 Å². The molecule has 0 aromatic heterocycles. The Balaban J connectivity index is 1.51. The molecule has 4 aliphatic rings. The molecule has 0 bridgehead atoms. The van der Waals surface area contributed by atoms with E-state index in [0.29, 0.717) is 34.5 Å². The molecule has 0 aliphatic heterocycles. The zero-order valence-corrected chi connectivity index (χ0v) is 19.5. The Bertz CT molecular complexity index is 614. The normalized spacial score (nSPS) is 50.3. The van der Waals surface area contributed by atoms with Gasteiger partial charge in [0.2, 0.25) is 0 Å². The second-order valence-corrected chi connectivity index (χ2v) is 12.3. The van der Waals surface area contributed by atoms with Gasteiger partial charge in [0.1, 0.15) is 0 Å². The van der Waals surface area contributed by atoms with Crippen LogP contribution in [-0.4, -0.2) is 22.4 Å². The number of aliphatic hydroxyl groups is 2. The highest BCUT2D eigenvalue weighted by Crippen LogP contribution is 2.68. The van der Waals surface area contributed by atoms with Crippen molar-refractivity contribution < 1.29 is 10.2 Å². The van der Waals surface area contributed by atoms with Gasteiger partial charge in [-0.05, 0) is 117 Å². The van der Waals surface area contributed by atoms with Gasteiger partial charge in [-0.25, -0.2) is 0 Å². The van der Waals surface area contributed by atoms with E-state index >= 15 is 0 Å². The van der Waals surface area contributed by atoms with E-state index in [9.17, 15) is 10.2 Å². The van der Waals surface area contributed by atoms with Crippen LogP contribution in [0.2, 0.25) is 0 Å². The lowest BCUT2D eigenvalue weighted by molar-refractivity contribution is -0.174. The molecule has 2 nitrogen and oxygen atoms in total. The van der Waals surface area contributed by atoms with Crippen LogP contribution < -0.4 is 0 Å². The van der Waals surface area contributed by atoms with Gasteiger partial charge in [0.25, 0.3) is 0 Å². The van der Waals surface area contributed by atoms with E-state index in [0.717, 1.165) is 37.5 Å². The third-order valence-corrected chi connectivity index (χ3v) is 10.7. The van der Waals surface area contributed by atoms with Gasteiger partial charge in [0.15, 0.2) is 0 Å². The van der Waals surface area contributed by atoms with Crippen molar-refractivity contribution in [1.29, 1.82) is 0 Å². The lowest BCUT2D eigenvalue weighted by Crippen LogP contribution is -2.58. The first-order valence-electron chi connectivity index (χ1n) is 12.7. The maximum absolute atomic E-state index is 11.3. The van der Waals surface area contributed by atoms with Gasteiger partial charge in [0, 0.05) is 0 Å². The predicted octanol–water partition coefficient (Wildman–Crippen LogP) is 6.36. The molecule has 4 aliphatic carbocycles. The Morgan fingerprint density at radius 3 is 2.41 bits per heavy atom. The van der Waals surface area contributed by atoms with Crippen LogP contribution >= 0.6 is 0 Å². The minimum Gasteiger partial charge on any atom is -0.393 e. The highest BCUT2D eigenvalue weighted by molar-refractivity contribution is 5.11. The van der Waals surface area contributed by atoms with Crippen molar-refractivity contribution in [2.75, 3.05) is 0 Å². The van der Waals surface area contributed by atoms with Crippen LogP contribution in [0.5, 0.6) is 0 Å². The van der Waals surface area contributed by atoms with Gasteiger partial charge in [0.05, 0.1) is 12.2 Å². The lowest BCUT2D eigenvalue weighted by Gasteiger charge is -2.62. The number of hydrogen-bond acceptors (Lipinski definition) is 2. The minimum atomic E-state index is -0.148. The Morgan fingerprint density at radius 1 is 1.00 bits per heavy atom. The van der Waals surface area contributed by atoms with Crippen molar-refractivity contribution >= 4 is 0 Å². The third-order valence-electron chi connectivity index (χ3n) is 10.7. The van der Waals surface area contributed by atoms with Crippen LogP contribution in [0, 0.1) is 46.3 Å². The van der Waals surface area contributed by atoms with Gasteiger partial charge >= 0.3 is 0 Å². The Labute approximate surface area is 179 Å². The van der Waals surface area contributed by atoms with E-state index in [1.165, 1.54) is 50.5 Å². The first kappa shape index (κ1) is 21.9. The van der Waals surface area contributed by atoms with E-state index in [2.05, 4.69) is 34.3 Å². The molecule has 0 radical (unpaired) electrons. The summed E-state index contributed by atoms with van der Waals surface area (Å²) in [7, 11) is 0. The van der Waals surface area contributed by atoms with Gasteiger partial charge in [-0.3, -0.25) is 0 Å². The van der Waals surface area contributed by atoms with Crippen LogP contribution in [0.3, 0.4) is 0 Å². The molecule has 0 heterocycles. The molecule has 2 heteroatoms. The highest BCUT2D eigenvalue weighted by Gasteiger charge is 2.62. The zero-order chi connectivity index (χ0) is 21.0. The SMILES string of the molecule is C=C(C)CCC[C@@H](C)[C@H]1CC[C@H]2[C@@H]3[C@H](O)C[C@@H]4C[C@H](O)CC[C@]4(C)[C@H]3CC[C@]12C. The fourth-order valence-corrected chi connectivity index (χ4v) is 9.10. The molecule has 0 saturated heterocycles. The molecule has 166 valence electrons. The predicted molar refractivity (Wildman–Crippen MR) is 120 cm³/mol. The molecule has 2 N–H and O–H groups in total. The fraction of sp³-hybridized carbons (Fsp3) is 0.926. The van der Waals surface area contributed by atoms with Crippen molar-refractivity contribution in [2.24, 2.45) is 46.3 Å². The topological polar surface area (TPSA) is 40.5 Å². The van der Waals surface area contributed by atoms with Crippen LogP contribution in [0.15, 0.2) is 12.2 Å². The summed E-state index contributed by atoms with van der Waals surface area (Å²) in [5.74, 6) is 4.00. The average molecular weight is 403 g/mol. The zero-order valence-electron chi connectivity index (χ0n) is 19.5. The molecule has 4 rings (SSSR count). The largest absolute Gasteiger partial charge is 0.393 e. The number of fused-ring (bicyclic) bond motifs is 5. The summed E-state index contributed by atoms with van der Waals surface area (Å²) in [5.41, 5.74) is 2.08. The van der Waals surface area contributed by atoms with E-state index in [1.54, 1.807) is 0 Å². The summed E-state index contributed by atoms with van der Waals surface area (Å²) >= 11 is 0. The molecule has 0 spiro atoms. The summed E-state index contributed by atoms with van der Waals surface area (Å²) in [6, 6.07) is 0. The molecular weight excluding hydrogens is 356 g/mol. The van der Waals surface area contributed by atoms with Gasteiger partial charge in [-0.2, -0.15) is 0 Å². The quantitative estimate of drug-likeness (QED) is 0.525. The number of rotatable bonds is 5. The summed E-state index contributed by atoms with van der Waals surface area (Å²) < 4.78 is 0. The summed E-state index contributed by atoms with van der Waals surface area (Å²) in [5, 5.41) is 21.6.